The van der Waals surface area contributed by atoms with Crippen molar-refractivity contribution in [3.8, 4) is 0 Å². The number of aliphatic hydroxyl groups is 1. The molecule has 5 heteroatoms. The summed E-state index contributed by atoms with van der Waals surface area (Å²) in [5.74, 6) is 1.62. The number of anilines is 1. The summed E-state index contributed by atoms with van der Waals surface area (Å²) in [5, 5.41) is 14.2. The van der Waals surface area contributed by atoms with Crippen LogP contribution in [0.1, 0.15) is 106 Å². The van der Waals surface area contributed by atoms with E-state index in [1.165, 1.54) is 5.57 Å². The van der Waals surface area contributed by atoms with Crippen molar-refractivity contribution in [2.75, 3.05) is 5.32 Å². The highest BCUT2D eigenvalue weighted by Gasteiger charge is 2.70. The van der Waals surface area contributed by atoms with Gasteiger partial charge in [0.05, 0.1) is 23.4 Å². The van der Waals surface area contributed by atoms with Crippen LogP contribution < -0.4 is 5.32 Å². The molecular weight excluding hydrogens is 496 g/mol. The Morgan fingerprint density at radius 1 is 0.975 bits per heavy atom. The maximum absolute atomic E-state index is 14.2. The number of hydrogen-bond donors (Lipinski definition) is 2. The Balaban J connectivity index is 1.42. The molecule has 0 radical (unpaired) electrons. The van der Waals surface area contributed by atoms with E-state index in [0.717, 1.165) is 56.9 Å². The lowest BCUT2D eigenvalue weighted by Crippen LogP contribution is -2.66. The predicted molar refractivity (Wildman–Crippen MR) is 158 cm³/mol. The second kappa shape index (κ2) is 8.99. The molecule has 0 aliphatic heterocycles. The highest BCUT2D eigenvalue weighted by atomic mass is 16.3. The van der Waals surface area contributed by atoms with Gasteiger partial charge < -0.3 is 10.4 Å². The third kappa shape index (κ3) is 3.51. The van der Waals surface area contributed by atoms with Gasteiger partial charge in [-0.05, 0) is 120 Å². The Kier molecular flexibility index (Phi) is 6.32. The van der Waals surface area contributed by atoms with Crippen LogP contribution in [0.2, 0.25) is 0 Å². The topological polar surface area (TPSA) is 79.3 Å². The number of aromatic nitrogens is 1. The van der Waals surface area contributed by atoms with Crippen LogP contribution in [-0.4, -0.2) is 27.9 Å². The fraction of sp³-hybridized carbons (Fsp3) is 0.743. The van der Waals surface area contributed by atoms with Gasteiger partial charge in [-0.3, -0.25) is 14.6 Å². The van der Waals surface area contributed by atoms with Crippen molar-refractivity contribution < 1.29 is 14.7 Å². The van der Waals surface area contributed by atoms with E-state index < -0.39 is 5.41 Å². The van der Waals surface area contributed by atoms with Crippen molar-refractivity contribution in [1.82, 2.24) is 4.98 Å². The summed E-state index contributed by atoms with van der Waals surface area (Å²) < 4.78 is 0. The summed E-state index contributed by atoms with van der Waals surface area (Å²) in [4.78, 5) is 32.2. The molecular formula is C35H50N2O3. The number of carbonyl (C=O) groups excluding carboxylic acids is 2. The highest BCUT2D eigenvalue weighted by Crippen LogP contribution is 2.76. The number of Topliss-reactive ketones (excluding diaryl/α,β-unsaturated/α-hetero) is 1. The van der Waals surface area contributed by atoms with Gasteiger partial charge in [-0.2, -0.15) is 0 Å². The Morgan fingerprint density at radius 3 is 2.40 bits per heavy atom. The number of pyridine rings is 1. The second-order valence-electron chi connectivity index (χ2n) is 15.9. The zero-order chi connectivity index (χ0) is 28.9. The minimum Gasteiger partial charge on any atom is -0.393 e. The van der Waals surface area contributed by atoms with Gasteiger partial charge in [0.2, 0.25) is 5.91 Å². The quantitative estimate of drug-likeness (QED) is 0.415. The zero-order valence-electron chi connectivity index (χ0n) is 25.8. The Morgan fingerprint density at radius 2 is 1.73 bits per heavy atom. The fourth-order valence-corrected chi connectivity index (χ4v) is 11.6. The number of rotatable bonds is 3. The van der Waals surface area contributed by atoms with Crippen molar-refractivity contribution in [1.29, 1.82) is 0 Å². The molecule has 2 N–H and O–H groups in total. The molecule has 40 heavy (non-hydrogen) atoms. The van der Waals surface area contributed by atoms with Crippen molar-refractivity contribution in [2.45, 2.75) is 112 Å². The van der Waals surface area contributed by atoms with Gasteiger partial charge in [0.25, 0.3) is 0 Å². The molecule has 0 bridgehead atoms. The summed E-state index contributed by atoms with van der Waals surface area (Å²) >= 11 is 0. The molecule has 1 aromatic heterocycles. The number of allylic oxidation sites excluding steroid dienone is 1. The second-order valence-corrected chi connectivity index (χ2v) is 15.9. The van der Waals surface area contributed by atoms with Gasteiger partial charge in [0, 0.05) is 12.6 Å². The molecule has 1 amide bonds. The van der Waals surface area contributed by atoms with Crippen LogP contribution >= 0.6 is 0 Å². The Bertz CT molecular complexity index is 1250. The van der Waals surface area contributed by atoms with Crippen LogP contribution in [0.5, 0.6) is 0 Å². The molecule has 4 fully saturated rings. The van der Waals surface area contributed by atoms with Gasteiger partial charge >= 0.3 is 0 Å². The van der Waals surface area contributed by atoms with Crippen molar-refractivity contribution >= 4 is 17.4 Å². The molecule has 8 atom stereocenters. The SMILES string of the molecule is CC(C)C1=C2C3CCC4[C@@]5(C)CC[C@H](O)C(C)(C)C5CC[C@@]4(C)[C@]3(C)CC[C@@]2(C(=O)Nc2cccnc2)CC1=O. The van der Waals surface area contributed by atoms with E-state index >= 15 is 0 Å². The minimum absolute atomic E-state index is 0.0208. The number of aliphatic hydroxyl groups excluding tert-OH is 1. The van der Waals surface area contributed by atoms with Crippen LogP contribution in [0.15, 0.2) is 35.7 Å². The van der Waals surface area contributed by atoms with E-state index in [0.29, 0.717) is 23.9 Å². The number of nitrogens with one attached hydrogen (secondary N) is 1. The lowest BCUT2D eigenvalue weighted by molar-refractivity contribution is -0.228. The number of carbonyl (C=O) groups is 2. The summed E-state index contributed by atoms with van der Waals surface area (Å²) in [6, 6.07) is 3.72. The third-order valence-electron chi connectivity index (χ3n) is 13.8. The summed E-state index contributed by atoms with van der Waals surface area (Å²) in [5.41, 5.74) is 2.38. The lowest BCUT2D eigenvalue weighted by atomic mass is 9.33. The first-order valence-corrected chi connectivity index (χ1v) is 15.9. The molecule has 5 aliphatic carbocycles. The number of hydrogen-bond acceptors (Lipinski definition) is 4. The first-order chi connectivity index (χ1) is 18.7. The van der Waals surface area contributed by atoms with Crippen LogP contribution in [0.4, 0.5) is 5.69 Å². The summed E-state index contributed by atoms with van der Waals surface area (Å²) in [6.45, 7) is 16.5. The molecule has 1 heterocycles. The number of amides is 1. The number of nitrogens with zero attached hydrogens (tertiary/aromatic N) is 1. The molecule has 0 saturated heterocycles. The van der Waals surface area contributed by atoms with E-state index in [1.807, 2.05) is 12.1 Å². The standard InChI is InChI=1S/C35H50N2O3/c1-21(2)28-24(38)19-35(30(40)37-22-9-8-18-36-20-22)17-16-33(6)23(29(28)35)10-11-26-32(5)14-13-27(39)31(3,4)25(32)12-15-34(26,33)7/h8-9,18,20-21,23,25-27,39H,10-17,19H2,1-7H3,(H,37,40)/t23?,25?,26?,27-,32-,33+,34+,35+/m0/s1. The van der Waals surface area contributed by atoms with E-state index in [2.05, 4.69) is 58.8 Å². The molecule has 3 unspecified atom stereocenters. The molecule has 4 saturated carbocycles. The van der Waals surface area contributed by atoms with Gasteiger partial charge in [0.15, 0.2) is 5.78 Å². The highest BCUT2D eigenvalue weighted by molar-refractivity contribution is 6.09. The van der Waals surface area contributed by atoms with Crippen LogP contribution in [0.3, 0.4) is 0 Å². The van der Waals surface area contributed by atoms with E-state index in [9.17, 15) is 14.7 Å². The maximum Gasteiger partial charge on any atom is 0.235 e. The molecule has 0 spiro atoms. The number of ketones is 1. The smallest absolute Gasteiger partial charge is 0.235 e. The third-order valence-corrected chi connectivity index (χ3v) is 13.8. The van der Waals surface area contributed by atoms with Crippen molar-refractivity contribution in [3.05, 3.63) is 35.7 Å². The van der Waals surface area contributed by atoms with Crippen molar-refractivity contribution in [3.63, 3.8) is 0 Å². The first kappa shape index (κ1) is 28.1. The molecule has 1 aromatic rings. The minimum atomic E-state index is -0.752. The molecule has 5 aliphatic rings. The van der Waals surface area contributed by atoms with Crippen molar-refractivity contribution in [2.24, 2.45) is 50.7 Å². The lowest BCUT2D eigenvalue weighted by Gasteiger charge is -2.72. The average Bonchev–Trinajstić information content (AvgIpc) is 3.21. The monoisotopic (exact) mass is 546 g/mol. The maximum atomic E-state index is 14.2. The van der Waals surface area contributed by atoms with Gasteiger partial charge in [-0.25, -0.2) is 0 Å². The van der Waals surface area contributed by atoms with Gasteiger partial charge in [0.1, 0.15) is 0 Å². The zero-order valence-corrected chi connectivity index (χ0v) is 25.8. The van der Waals surface area contributed by atoms with E-state index in [-0.39, 0.29) is 51.3 Å². The van der Waals surface area contributed by atoms with Gasteiger partial charge in [-0.15, -0.1) is 0 Å². The average molecular weight is 547 g/mol. The van der Waals surface area contributed by atoms with Crippen LogP contribution in [-0.2, 0) is 9.59 Å². The largest absolute Gasteiger partial charge is 0.393 e. The van der Waals surface area contributed by atoms with E-state index in [1.54, 1.807) is 12.4 Å². The van der Waals surface area contributed by atoms with Crippen LogP contribution in [0, 0.1) is 50.7 Å². The number of fused-ring (bicyclic) bond motifs is 7. The van der Waals surface area contributed by atoms with Crippen LogP contribution in [0.25, 0.3) is 0 Å². The summed E-state index contributed by atoms with van der Waals surface area (Å²) in [7, 11) is 0. The Hall–Kier alpha value is -2.01. The molecule has 0 aromatic carbocycles. The normalized spacial score (nSPS) is 44.0. The van der Waals surface area contributed by atoms with Gasteiger partial charge in [-0.1, -0.05) is 48.5 Å². The fourth-order valence-electron chi connectivity index (χ4n) is 11.6. The predicted octanol–water partition coefficient (Wildman–Crippen LogP) is 7.36. The summed E-state index contributed by atoms with van der Waals surface area (Å²) in [6.07, 6.45) is 11.7. The van der Waals surface area contributed by atoms with E-state index in [4.69, 9.17) is 0 Å². The molecule has 6 rings (SSSR count). The molecule has 218 valence electrons. The molecule has 5 nitrogen and oxygen atoms in total. The first-order valence-electron chi connectivity index (χ1n) is 15.9. The Labute approximate surface area is 241 Å².